The van der Waals surface area contributed by atoms with Crippen molar-refractivity contribution in [2.75, 3.05) is 0 Å². The van der Waals surface area contributed by atoms with Gasteiger partial charge in [-0.05, 0) is 60.5 Å². The van der Waals surface area contributed by atoms with Crippen LogP contribution >= 0.6 is 0 Å². The third-order valence-corrected chi connectivity index (χ3v) is 3.88. The molecule has 25 heavy (non-hydrogen) atoms. The molecule has 1 atom stereocenters. The summed E-state index contributed by atoms with van der Waals surface area (Å²) in [6.07, 6.45) is 0.429. The van der Waals surface area contributed by atoms with E-state index in [1.54, 1.807) is 0 Å². The molecule has 0 saturated heterocycles. The van der Waals surface area contributed by atoms with Crippen molar-refractivity contribution in [2.24, 2.45) is 0 Å². The van der Waals surface area contributed by atoms with Crippen LogP contribution < -0.4 is 9.47 Å². The zero-order valence-corrected chi connectivity index (χ0v) is 14.0. The summed E-state index contributed by atoms with van der Waals surface area (Å²) in [5.74, 6) is 1.39. The van der Waals surface area contributed by atoms with Crippen LogP contribution in [0.1, 0.15) is 19.8 Å². The SMILES string of the molecule is CC(CCC(=O)O)Oc1ccc(Oc2ccc3ccccc3c2)cc1. The Morgan fingerprint density at radius 1 is 0.920 bits per heavy atom. The molecule has 3 aromatic carbocycles. The van der Waals surface area contributed by atoms with Crippen molar-refractivity contribution >= 4 is 16.7 Å². The molecule has 0 aliphatic heterocycles. The second kappa shape index (κ2) is 7.71. The van der Waals surface area contributed by atoms with E-state index in [0.29, 0.717) is 12.2 Å². The Morgan fingerprint density at radius 2 is 1.56 bits per heavy atom. The highest BCUT2D eigenvalue weighted by atomic mass is 16.5. The summed E-state index contributed by atoms with van der Waals surface area (Å²) in [5.41, 5.74) is 0. The van der Waals surface area contributed by atoms with Crippen molar-refractivity contribution in [1.29, 1.82) is 0 Å². The first-order chi connectivity index (χ1) is 12.1. The smallest absolute Gasteiger partial charge is 0.303 e. The molecule has 4 nitrogen and oxygen atoms in total. The molecule has 0 radical (unpaired) electrons. The number of carboxylic acid groups (broad SMARTS) is 1. The van der Waals surface area contributed by atoms with Gasteiger partial charge in [0.2, 0.25) is 0 Å². The van der Waals surface area contributed by atoms with Crippen LogP contribution in [0.15, 0.2) is 66.7 Å². The number of hydrogen-bond acceptors (Lipinski definition) is 3. The Balaban J connectivity index is 1.62. The normalized spacial score (nSPS) is 11.9. The summed E-state index contributed by atoms with van der Waals surface area (Å²) < 4.78 is 11.6. The summed E-state index contributed by atoms with van der Waals surface area (Å²) in [5, 5.41) is 11.0. The van der Waals surface area contributed by atoms with Crippen LogP contribution in [0.4, 0.5) is 0 Å². The number of hydrogen-bond donors (Lipinski definition) is 1. The standard InChI is InChI=1S/C21H20O4/c1-15(6-13-21(22)23)24-18-9-11-19(12-10-18)25-20-8-7-16-4-2-3-5-17(16)14-20/h2-5,7-12,14-15H,6,13H2,1H3,(H,22,23). The van der Waals surface area contributed by atoms with Crippen molar-refractivity contribution < 1.29 is 19.4 Å². The quantitative estimate of drug-likeness (QED) is 0.639. The Hall–Kier alpha value is -3.01. The van der Waals surface area contributed by atoms with Gasteiger partial charge >= 0.3 is 5.97 Å². The van der Waals surface area contributed by atoms with Gasteiger partial charge in [0.25, 0.3) is 0 Å². The van der Waals surface area contributed by atoms with Gasteiger partial charge < -0.3 is 14.6 Å². The van der Waals surface area contributed by atoms with Crippen LogP contribution in [-0.2, 0) is 4.79 Å². The number of benzene rings is 3. The minimum absolute atomic E-state index is 0.102. The minimum atomic E-state index is -0.811. The Labute approximate surface area is 146 Å². The van der Waals surface area contributed by atoms with Crippen LogP contribution in [0.3, 0.4) is 0 Å². The van der Waals surface area contributed by atoms with Crippen molar-refractivity contribution in [3.63, 3.8) is 0 Å². The predicted molar refractivity (Wildman–Crippen MR) is 97.4 cm³/mol. The number of aliphatic carboxylic acids is 1. The maximum Gasteiger partial charge on any atom is 0.303 e. The molecule has 0 aliphatic carbocycles. The van der Waals surface area contributed by atoms with E-state index in [4.69, 9.17) is 14.6 Å². The van der Waals surface area contributed by atoms with Crippen LogP contribution in [0.5, 0.6) is 17.2 Å². The lowest BCUT2D eigenvalue weighted by atomic mass is 10.1. The summed E-state index contributed by atoms with van der Waals surface area (Å²) in [4.78, 5) is 10.6. The van der Waals surface area contributed by atoms with Gasteiger partial charge in [-0.3, -0.25) is 4.79 Å². The van der Waals surface area contributed by atoms with E-state index >= 15 is 0 Å². The first kappa shape index (κ1) is 16.8. The zero-order valence-electron chi connectivity index (χ0n) is 14.0. The molecule has 128 valence electrons. The molecular weight excluding hydrogens is 316 g/mol. The second-order valence-corrected chi connectivity index (χ2v) is 5.94. The number of fused-ring (bicyclic) bond motifs is 1. The fourth-order valence-corrected chi connectivity index (χ4v) is 2.57. The predicted octanol–water partition coefficient (Wildman–Crippen LogP) is 5.26. The lowest BCUT2D eigenvalue weighted by Crippen LogP contribution is -2.13. The van der Waals surface area contributed by atoms with Crippen molar-refractivity contribution in [3.8, 4) is 17.2 Å². The molecule has 1 N–H and O–H groups in total. The minimum Gasteiger partial charge on any atom is -0.491 e. The highest BCUT2D eigenvalue weighted by Gasteiger charge is 2.07. The highest BCUT2D eigenvalue weighted by Crippen LogP contribution is 2.27. The molecule has 0 spiro atoms. The molecule has 0 saturated carbocycles. The average molecular weight is 336 g/mol. The summed E-state index contributed by atoms with van der Waals surface area (Å²) >= 11 is 0. The lowest BCUT2D eigenvalue weighted by Gasteiger charge is -2.14. The van der Waals surface area contributed by atoms with Crippen LogP contribution in [0.25, 0.3) is 10.8 Å². The molecule has 3 aromatic rings. The fourth-order valence-electron chi connectivity index (χ4n) is 2.57. The Morgan fingerprint density at radius 3 is 2.28 bits per heavy atom. The molecule has 0 amide bonds. The third-order valence-electron chi connectivity index (χ3n) is 3.88. The maximum atomic E-state index is 10.6. The van der Waals surface area contributed by atoms with Crippen molar-refractivity contribution in [1.82, 2.24) is 0 Å². The van der Waals surface area contributed by atoms with Gasteiger partial charge in [-0.25, -0.2) is 0 Å². The molecule has 0 bridgehead atoms. The number of rotatable bonds is 7. The van der Waals surface area contributed by atoms with Crippen molar-refractivity contribution in [3.05, 3.63) is 66.7 Å². The van der Waals surface area contributed by atoms with E-state index in [2.05, 4.69) is 12.1 Å². The third kappa shape index (κ3) is 4.73. The molecule has 3 rings (SSSR count). The van der Waals surface area contributed by atoms with E-state index < -0.39 is 5.97 Å². The Kier molecular flexibility index (Phi) is 5.19. The van der Waals surface area contributed by atoms with E-state index in [1.807, 2.05) is 61.5 Å². The molecule has 0 fully saturated rings. The van der Waals surface area contributed by atoms with E-state index in [9.17, 15) is 4.79 Å². The summed E-state index contributed by atoms with van der Waals surface area (Å²) in [6.45, 7) is 1.86. The van der Waals surface area contributed by atoms with Gasteiger partial charge in [0.15, 0.2) is 0 Å². The molecule has 1 unspecified atom stereocenters. The van der Waals surface area contributed by atoms with Crippen LogP contribution in [0, 0.1) is 0 Å². The van der Waals surface area contributed by atoms with E-state index in [1.165, 1.54) is 5.39 Å². The van der Waals surface area contributed by atoms with Gasteiger partial charge in [-0.1, -0.05) is 30.3 Å². The summed E-state index contributed by atoms with van der Waals surface area (Å²) in [7, 11) is 0. The lowest BCUT2D eigenvalue weighted by molar-refractivity contribution is -0.137. The Bertz CT molecular complexity index is 855. The van der Waals surface area contributed by atoms with Gasteiger partial charge in [0, 0.05) is 6.42 Å². The first-order valence-corrected chi connectivity index (χ1v) is 8.25. The molecular formula is C21H20O4. The molecule has 0 aliphatic rings. The topological polar surface area (TPSA) is 55.8 Å². The molecule has 0 aromatic heterocycles. The fraction of sp³-hybridized carbons (Fsp3) is 0.190. The van der Waals surface area contributed by atoms with Crippen LogP contribution in [0.2, 0.25) is 0 Å². The van der Waals surface area contributed by atoms with Gasteiger partial charge in [-0.15, -0.1) is 0 Å². The number of carbonyl (C=O) groups is 1. The monoisotopic (exact) mass is 336 g/mol. The molecule has 0 heterocycles. The molecule has 4 heteroatoms. The largest absolute Gasteiger partial charge is 0.491 e. The van der Waals surface area contributed by atoms with Crippen LogP contribution in [-0.4, -0.2) is 17.2 Å². The number of ether oxygens (including phenoxy) is 2. The second-order valence-electron chi connectivity index (χ2n) is 5.94. The average Bonchev–Trinajstić information content (AvgIpc) is 2.61. The van der Waals surface area contributed by atoms with E-state index in [0.717, 1.165) is 16.9 Å². The van der Waals surface area contributed by atoms with Gasteiger partial charge in [-0.2, -0.15) is 0 Å². The van der Waals surface area contributed by atoms with Gasteiger partial charge in [0.05, 0.1) is 6.10 Å². The van der Waals surface area contributed by atoms with Crippen molar-refractivity contribution in [2.45, 2.75) is 25.9 Å². The number of carboxylic acids is 1. The highest BCUT2D eigenvalue weighted by molar-refractivity contribution is 5.83. The first-order valence-electron chi connectivity index (χ1n) is 8.25. The summed E-state index contributed by atoms with van der Waals surface area (Å²) in [6, 6.07) is 21.5. The van der Waals surface area contributed by atoms with Gasteiger partial charge in [0.1, 0.15) is 17.2 Å². The maximum absolute atomic E-state index is 10.6. The zero-order chi connectivity index (χ0) is 17.6. The van der Waals surface area contributed by atoms with E-state index in [-0.39, 0.29) is 12.5 Å².